The Morgan fingerprint density at radius 1 is 1.83 bits per heavy atom. The molecule has 0 radical (unpaired) electrons. The quantitative estimate of drug-likeness (QED) is 0.280. The van der Waals surface area contributed by atoms with Crippen LogP contribution in [-0.2, 0) is 11.4 Å². The molecule has 0 aliphatic rings. The molecule has 0 saturated carbocycles. The van der Waals surface area contributed by atoms with E-state index in [0.717, 1.165) is 10.4 Å². The monoisotopic (exact) mass is 128 g/mol. The average molecular weight is 128 g/mol. The topological polar surface area (TPSA) is 86.4 Å². The second-order valence-corrected chi connectivity index (χ2v) is 0.651. The van der Waals surface area contributed by atoms with Crippen LogP contribution in [0.5, 0.6) is 0 Å². The molecule has 0 aromatic heterocycles. The van der Waals surface area contributed by atoms with Crippen LogP contribution in [0.2, 0.25) is 0 Å². The second kappa shape index (κ2) is 8.98. The Morgan fingerprint density at radius 2 is 1.83 bits per heavy atom. The number of nitrogens with two attached hydrogens (primary N) is 1. The summed E-state index contributed by atoms with van der Waals surface area (Å²) in [5, 5.41) is 4.64. The first-order chi connectivity index (χ1) is 2.73. The van der Waals surface area contributed by atoms with Crippen molar-refractivity contribution in [2.45, 2.75) is 0 Å². The number of rotatable bonds is 0. The van der Waals surface area contributed by atoms with Gasteiger partial charge in [-0.2, -0.15) is 0 Å². The zero-order valence-corrected chi connectivity index (χ0v) is 6.07. The molecule has 0 heterocycles. The summed E-state index contributed by atoms with van der Waals surface area (Å²) in [6.45, 7) is 0. The van der Waals surface area contributed by atoms with Gasteiger partial charge in [-0.1, -0.05) is 0 Å². The van der Waals surface area contributed by atoms with Gasteiger partial charge in [-0.15, -0.1) is 0 Å². The highest BCUT2D eigenvalue weighted by atomic mass is 32.2. The first kappa shape index (κ1) is 9.54. The van der Waals surface area contributed by atoms with E-state index in [1.165, 1.54) is 0 Å². The van der Waals surface area contributed by atoms with Crippen molar-refractivity contribution in [2.75, 3.05) is 0 Å². The Bertz CT molecular complexity index is 33.8. The third kappa shape index (κ3) is 735. The Kier molecular flexibility index (Phi) is 14.3. The molecule has 0 aromatic rings. The molecule has 6 heteroatoms. The molecule has 0 amide bonds. The third-order valence-electron chi connectivity index (χ3n) is 0. The molecule has 0 bridgehead atoms. The van der Waals surface area contributed by atoms with E-state index in [9.17, 15) is 0 Å². The lowest BCUT2D eigenvalue weighted by atomic mass is 13.9. The minimum absolute atomic E-state index is 0.806. The van der Waals surface area contributed by atoms with Gasteiger partial charge in [0.2, 0.25) is 0 Å². The molecular formula is H6NO3SSi-. The van der Waals surface area contributed by atoms with E-state index < -0.39 is 11.4 Å². The first-order valence-electron chi connectivity index (χ1n) is 1.09. The molecule has 0 rings (SSSR count). The molecule has 3 N–H and O–H groups in total. The van der Waals surface area contributed by atoms with Gasteiger partial charge >= 0.3 is 0 Å². The minimum Gasteiger partial charge on any atom is -0.750 e. The Morgan fingerprint density at radius 3 is 1.83 bits per heavy atom. The summed E-state index contributed by atoms with van der Waals surface area (Å²) in [6, 6.07) is 0. The molecule has 0 saturated heterocycles. The predicted octanol–water partition coefficient (Wildman–Crippen LogP) is -2.44. The van der Waals surface area contributed by atoms with Gasteiger partial charge in [-0.3, -0.25) is 0 Å². The lowest BCUT2D eigenvalue weighted by Crippen LogP contribution is -1.75. The van der Waals surface area contributed by atoms with Gasteiger partial charge in [-0.25, -0.2) is 4.21 Å². The molecular weight excluding hydrogens is 122 g/mol. The summed E-state index contributed by atoms with van der Waals surface area (Å²) in [5.74, 6) is 0. The summed E-state index contributed by atoms with van der Waals surface area (Å²) in [6.07, 6.45) is 0. The first-order valence-corrected chi connectivity index (χ1v) is 3.28. The van der Waals surface area contributed by atoms with Crippen molar-refractivity contribution in [1.82, 2.24) is 0 Å². The van der Waals surface area contributed by atoms with Gasteiger partial charge in [-0.05, 0) is 0 Å². The summed E-state index contributed by atoms with van der Waals surface area (Å²) in [4.78, 5) is 0. The molecule has 6 heavy (non-hydrogen) atoms. The van der Waals surface area contributed by atoms with E-state index in [1.54, 1.807) is 0 Å². The SMILES string of the molecule is N[SiH3].O=S([O-])O. The number of hydrogen-bond acceptors (Lipinski definition) is 3. The molecule has 1 unspecified atom stereocenters. The normalized spacial score (nSPS) is 11.8. The lowest BCUT2D eigenvalue weighted by Gasteiger charge is -1.83. The van der Waals surface area contributed by atoms with Gasteiger partial charge in [0, 0.05) is 0 Å². The van der Waals surface area contributed by atoms with E-state index in [-0.39, 0.29) is 0 Å². The standard InChI is InChI=1S/H5NSi.H2O3S/c1-2;1-4(2)3/h1H2,2H3;(H2,1,2,3)/p-1. The van der Waals surface area contributed by atoms with Crippen molar-refractivity contribution >= 4 is 21.8 Å². The fraction of sp³-hybridized carbons (Fsp3) is 0. The average Bonchev–Trinajstić information content (AvgIpc) is 1.41. The minimum atomic E-state index is -2.86. The third-order valence-corrected chi connectivity index (χ3v) is 0. The van der Waals surface area contributed by atoms with Crippen LogP contribution in [0.3, 0.4) is 0 Å². The molecule has 4 nitrogen and oxygen atoms in total. The molecule has 0 aromatic carbocycles. The summed E-state index contributed by atoms with van der Waals surface area (Å²) < 4.78 is 24.1. The van der Waals surface area contributed by atoms with Crippen molar-refractivity contribution in [3.63, 3.8) is 0 Å². The van der Waals surface area contributed by atoms with Gasteiger partial charge < -0.3 is 14.5 Å². The van der Waals surface area contributed by atoms with Crippen LogP contribution in [0.4, 0.5) is 0 Å². The lowest BCUT2D eigenvalue weighted by molar-refractivity contribution is 0.436. The maximum Gasteiger partial charge on any atom is 0.0814 e. The highest BCUT2D eigenvalue weighted by Crippen LogP contribution is 1.43. The molecule has 0 aliphatic carbocycles. The maximum absolute atomic E-state index is 8.56. The van der Waals surface area contributed by atoms with Crippen molar-refractivity contribution in [3.8, 4) is 0 Å². The Balaban J connectivity index is 0. The largest absolute Gasteiger partial charge is 0.750 e. The van der Waals surface area contributed by atoms with Crippen LogP contribution < -0.4 is 5.40 Å². The molecule has 0 spiro atoms. The van der Waals surface area contributed by atoms with Crippen LogP contribution >= 0.6 is 0 Å². The Hall–Kier alpha value is 0.247. The van der Waals surface area contributed by atoms with Gasteiger partial charge in [0.05, 0.1) is 21.8 Å². The van der Waals surface area contributed by atoms with Gasteiger partial charge in [0.1, 0.15) is 0 Å². The van der Waals surface area contributed by atoms with E-state index in [2.05, 4.69) is 5.40 Å². The zero-order valence-electron chi connectivity index (χ0n) is 3.25. The molecule has 1 atom stereocenters. The number of hydrogen-bond donors (Lipinski definition) is 2. The predicted molar refractivity (Wildman–Crippen MR) is 25.7 cm³/mol. The molecule has 40 valence electrons. The van der Waals surface area contributed by atoms with Gasteiger partial charge in [0.15, 0.2) is 0 Å². The zero-order chi connectivity index (χ0) is 5.58. The van der Waals surface area contributed by atoms with Crippen molar-refractivity contribution in [1.29, 1.82) is 0 Å². The fourth-order valence-corrected chi connectivity index (χ4v) is 0. The Labute approximate surface area is 41.4 Å². The van der Waals surface area contributed by atoms with E-state index in [0.29, 0.717) is 0 Å². The van der Waals surface area contributed by atoms with Crippen LogP contribution in [0.15, 0.2) is 0 Å². The van der Waals surface area contributed by atoms with Crippen LogP contribution in [0, 0.1) is 0 Å². The molecule has 0 aliphatic heterocycles. The van der Waals surface area contributed by atoms with Gasteiger partial charge in [0.25, 0.3) is 0 Å². The summed E-state index contributed by atoms with van der Waals surface area (Å²) in [5.41, 5.74) is 0. The fourth-order valence-electron chi connectivity index (χ4n) is 0. The van der Waals surface area contributed by atoms with Crippen LogP contribution in [0.1, 0.15) is 0 Å². The van der Waals surface area contributed by atoms with Crippen LogP contribution in [0.25, 0.3) is 0 Å². The van der Waals surface area contributed by atoms with Crippen LogP contribution in [-0.4, -0.2) is 23.7 Å². The maximum atomic E-state index is 8.56. The van der Waals surface area contributed by atoms with Crippen molar-refractivity contribution in [2.24, 2.45) is 5.40 Å². The van der Waals surface area contributed by atoms with Crippen molar-refractivity contribution < 1.29 is 13.3 Å². The second-order valence-electron chi connectivity index (χ2n) is 0.217. The smallest absolute Gasteiger partial charge is 0.0814 e. The highest BCUT2D eigenvalue weighted by Gasteiger charge is 1.42. The summed E-state index contributed by atoms with van der Waals surface area (Å²) in [7, 11) is 0.806. The van der Waals surface area contributed by atoms with E-state index in [4.69, 9.17) is 13.3 Å². The van der Waals surface area contributed by atoms with E-state index >= 15 is 0 Å². The van der Waals surface area contributed by atoms with Crippen molar-refractivity contribution in [3.05, 3.63) is 0 Å². The summed E-state index contributed by atoms with van der Waals surface area (Å²) >= 11 is -2.86. The highest BCUT2D eigenvalue weighted by molar-refractivity contribution is 7.73. The molecule has 0 fully saturated rings. The van der Waals surface area contributed by atoms with E-state index in [1.807, 2.05) is 0 Å².